The van der Waals surface area contributed by atoms with Crippen LogP contribution in [-0.2, 0) is 9.59 Å². The van der Waals surface area contributed by atoms with E-state index in [9.17, 15) is 9.59 Å². The lowest BCUT2D eigenvalue weighted by Crippen LogP contribution is -2.29. The van der Waals surface area contributed by atoms with E-state index in [1.54, 1.807) is 16.7 Å². The van der Waals surface area contributed by atoms with Crippen molar-refractivity contribution in [2.24, 2.45) is 0 Å². The van der Waals surface area contributed by atoms with E-state index >= 15 is 0 Å². The van der Waals surface area contributed by atoms with Gasteiger partial charge in [0.15, 0.2) is 0 Å². The van der Waals surface area contributed by atoms with Gasteiger partial charge in [0, 0.05) is 25.3 Å². The molecule has 1 amide bonds. The summed E-state index contributed by atoms with van der Waals surface area (Å²) in [6, 6.07) is 0. The summed E-state index contributed by atoms with van der Waals surface area (Å²) in [4.78, 5) is 23.4. The number of thioether (sulfide) groups is 1. The number of amides is 1. The zero-order chi connectivity index (χ0) is 8.27. The molecule has 0 aromatic heterocycles. The summed E-state index contributed by atoms with van der Waals surface area (Å²) in [5.74, 6) is 0.393. The second-order valence-corrected chi connectivity index (χ2v) is 3.44. The quantitative estimate of drug-likeness (QED) is 0.570. The van der Waals surface area contributed by atoms with Crippen LogP contribution in [-0.4, -0.2) is 41.7 Å². The zero-order valence-corrected chi connectivity index (χ0v) is 7.32. The molecule has 0 saturated carbocycles. The van der Waals surface area contributed by atoms with Crippen molar-refractivity contribution in [3.8, 4) is 0 Å². The van der Waals surface area contributed by atoms with Gasteiger partial charge in [-0.1, -0.05) is 0 Å². The fraction of sp³-hybridized carbons (Fsp3) is 0.714. The molecule has 1 fully saturated rings. The van der Waals surface area contributed by atoms with Crippen molar-refractivity contribution in [2.75, 3.05) is 25.1 Å². The van der Waals surface area contributed by atoms with Gasteiger partial charge in [-0.15, -0.1) is 0 Å². The second-order valence-electron chi connectivity index (χ2n) is 2.46. The van der Waals surface area contributed by atoms with Gasteiger partial charge >= 0.3 is 0 Å². The molecular weight excluding hydrogens is 162 g/mol. The third kappa shape index (κ3) is 1.96. The number of ketones is 1. The maximum absolute atomic E-state index is 11.0. The molecule has 0 unspecified atom stereocenters. The van der Waals surface area contributed by atoms with E-state index in [4.69, 9.17) is 0 Å². The van der Waals surface area contributed by atoms with Crippen LogP contribution < -0.4 is 0 Å². The topological polar surface area (TPSA) is 37.4 Å². The molecule has 62 valence electrons. The zero-order valence-electron chi connectivity index (χ0n) is 6.50. The van der Waals surface area contributed by atoms with E-state index in [-0.39, 0.29) is 11.7 Å². The van der Waals surface area contributed by atoms with E-state index in [0.29, 0.717) is 19.5 Å². The Morgan fingerprint density at radius 3 is 2.73 bits per heavy atom. The van der Waals surface area contributed by atoms with Crippen LogP contribution in [0.1, 0.15) is 6.42 Å². The Labute approximate surface area is 70.1 Å². The first-order valence-corrected chi connectivity index (χ1v) is 4.96. The fourth-order valence-electron chi connectivity index (χ4n) is 1.04. The van der Waals surface area contributed by atoms with Gasteiger partial charge in [0.1, 0.15) is 0 Å². The monoisotopic (exact) mass is 173 g/mol. The SMILES string of the molecule is CSCCN1CCC(=O)C1=O. The summed E-state index contributed by atoms with van der Waals surface area (Å²) in [7, 11) is 0. The van der Waals surface area contributed by atoms with Crippen molar-refractivity contribution in [2.45, 2.75) is 6.42 Å². The Hall–Kier alpha value is -0.510. The van der Waals surface area contributed by atoms with Gasteiger partial charge in [-0.05, 0) is 6.26 Å². The molecule has 0 bridgehead atoms. The average Bonchev–Trinajstić information content (AvgIpc) is 2.31. The van der Waals surface area contributed by atoms with E-state index < -0.39 is 0 Å². The van der Waals surface area contributed by atoms with Gasteiger partial charge in [0.25, 0.3) is 5.91 Å². The lowest BCUT2D eigenvalue weighted by Gasteiger charge is -2.12. The number of nitrogens with zero attached hydrogens (tertiary/aromatic N) is 1. The maximum Gasteiger partial charge on any atom is 0.290 e. The molecule has 1 aliphatic heterocycles. The number of carbonyl (C=O) groups is 2. The summed E-state index contributed by atoms with van der Waals surface area (Å²) in [5.41, 5.74) is 0. The molecule has 11 heavy (non-hydrogen) atoms. The predicted molar refractivity (Wildman–Crippen MR) is 44.6 cm³/mol. The van der Waals surface area contributed by atoms with Crippen LogP contribution in [0.3, 0.4) is 0 Å². The van der Waals surface area contributed by atoms with Crippen molar-refractivity contribution in [1.29, 1.82) is 0 Å². The summed E-state index contributed by atoms with van der Waals surface area (Å²) >= 11 is 1.69. The molecular formula is C7H11NO2S. The van der Waals surface area contributed by atoms with E-state index in [1.165, 1.54) is 0 Å². The number of hydrogen-bond acceptors (Lipinski definition) is 3. The Morgan fingerprint density at radius 1 is 1.55 bits per heavy atom. The van der Waals surface area contributed by atoms with Gasteiger partial charge in [-0.25, -0.2) is 0 Å². The Kier molecular flexibility index (Phi) is 2.93. The number of hydrogen-bond donors (Lipinski definition) is 0. The number of carbonyl (C=O) groups excluding carboxylic acids is 2. The molecule has 1 aliphatic rings. The van der Waals surface area contributed by atoms with Gasteiger partial charge in [0.2, 0.25) is 5.78 Å². The Bertz CT molecular complexity index is 181. The first-order valence-electron chi connectivity index (χ1n) is 3.56. The molecule has 0 radical (unpaired) electrons. The Morgan fingerprint density at radius 2 is 2.27 bits per heavy atom. The van der Waals surface area contributed by atoms with Crippen molar-refractivity contribution >= 4 is 23.5 Å². The molecule has 1 heterocycles. The van der Waals surface area contributed by atoms with Gasteiger partial charge in [-0.2, -0.15) is 11.8 Å². The highest BCUT2D eigenvalue weighted by Gasteiger charge is 2.28. The number of likely N-dealkylation sites (tertiary alicyclic amines) is 1. The third-order valence-corrected chi connectivity index (χ3v) is 2.29. The standard InChI is InChI=1S/C7H11NO2S/c1-11-5-4-8-3-2-6(9)7(8)10/h2-5H2,1H3. The van der Waals surface area contributed by atoms with Gasteiger partial charge in [0.05, 0.1) is 0 Å². The van der Waals surface area contributed by atoms with E-state index in [2.05, 4.69) is 0 Å². The molecule has 0 N–H and O–H groups in total. The highest BCUT2D eigenvalue weighted by atomic mass is 32.2. The van der Waals surface area contributed by atoms with Crippen LogP contribution in [0.5, 0.6) is 0 Å². The highest BCUT2D eigenvalue weighted by Crippen LogP contribution is 2.06. The minimum absolute atomic E-state index is 0.230. The predicted octanol–water partition coefficient (Wildman–Crippen LogP) is 0.151. The number of Topliss-reactive ketones (excluding diaryl/α,β-unsaturated/α-hetero) is 1. The second kappa shape index (κ2) is 3.76. The highest BCUT2D eigenvalue weighted by molar-refractivity contribution is 7.98. The molecule has 0 spiro atoms. The van der Waals surface area contributed by atoms with E-state index in [1.807, 2.05) is 6.26 Å². The smallest absolute Gasteiger partial charge is 0.290 e. The lowest BCUT2D eigenvalue weighted by atomic mass is 10.3. The Balaban J connectivity index is 2.36. The maximum atomic E-state index is 11.0. The van der Waals surface area contributed by atoms with E-state index in [0.717, 1.165) is 5.75 Å². The van der Waals surface area contributed by atoms with Crippen LogP contribution >= 0.6 is 11.8 Å². The van der Waals surface area contributed by atoms with Crippen molar-refractivity contribution in [1.82, 2.24) is 4.90 Å². The molecule has 1 saturated heterocycles. The fourth-order valence-corrected chi connectivity index (χ4v) is 1.44. The van der Waals surface area contributed by atoms with Crippen molar-refractivity contribution in [3.05, 3.63) is 0 Å². The van der Waals surface area contributed by atoms with Crippen LogP contribution in [0.4, 0.5) is 0 Å². The number of rotatable bonds is 3. The van der Waals surface area contributed by atoms with Crippen LogP contribution in [0.25, 0.3) is 0 Å². The molecule has 3 nitrogen and oxygen atoms in total. The van der Waals surface area contributed by atoms with Crippen LogP contribution in [0.15, 0.2) is 0 Å². The first-order chi connectivity index (χ1) is 5.25. The van der Waals surface area contributed by atoms with Crippen LogP contribution in [0, 0.1) is 0 Å². The molecule has 0 aromatic carbocycles. The summed E-state index contributed by atoms with van der Waals surface area (Å²) < 4.78 is 0. The molecule has 0 atom stereocenters. The third-order valence-electron chi connectivity index (χ3n) is 1.70. The lowest BCUT2D eigenvalue weighted by molar-refractivity contribution is -0.139. The van der Waals surface area contributed by atoms with Crippen molar-refractivity contribution < 1.29 is 9.59 Å². The molecule has 0 aromatic rings. The summed E-state index contributed by atoms with van der Waals surface area (Å²) in [6.45, 7) is 1.34. The minimum atomic E-state index is -0.293. The normalized spacial score (nSPS) is 18.1. The minimum Gasteiger partial charge on any atom is -0.335 e. The largest absolute Gasteiger partial charge is 0.335 e. The summed E-state index contributed by atoms with van der Waals surface area (Å²) in [6.07, 6.45) is 2.40. The van der Waals surface area contributed by atoms with Gasteiger partial charge in [-0.3, -0.25) is 9.59 Å². The van der Waals surface area contributed by atoms with Crippen molar-refractivity contribution in [3.63, 3.8) is 0 Å². The first kappa shape index (κ1) is 8.59. The molecule has 0 aliphatic carbocycles. The summed E-state index contributed by atoms with van der Waals surface area (Å²) in [5, 5.41) is 0. The average molecular weight is 173 g/mol. The molecule has 1 rings (SSSR count). The molecule has 4 heteroatoms. The van der Waals surface area contributed by atoms with Crippen LogP contribution in [0.2, 0.25) is 0 Å². The van der Waals surface area contributed by atoms with Gasteiger partial charge < -0.3 is 4.90 Å².